The summed E-state index contributed by atoms with van der Waals surface area (Å²) in [5, 5.41) is 52.4. The van der Waals surface area contributed by atoms with Crippen molar-refractivity contribution in [1.29, 1.82) is 5.26 Å². The van der Waals surface area contributed by atoms with Crippen LogP contribution in [0.25, 0.3) is 0 Å². The summed E-state index contributed by atoms with van der Waals surface area (Å²) in [6.07, 6.45) is -2.68. The first kappa shape index (κ1) is 28.7. The van der Waals surface area contributed by atoms with Gasteiger partial charge in [0.25, 0.3) is 0 Å². The van der Waals surface area contributed by atoms with Crippen LogP contribution in [0.4, 0.5) is 0 Å². The number of fused-ring (bicyclic) bond motifs is 9. The quantitative estimate of drug-likeness (QED) is 0.363. The number of carbonyl (C=O) groups excluding carboxylic acids is 1. The molecule has 0 spiro atoms. The molecule has 224 valence electrons. The Hall–Kier alpha value is -3.44. The second-order valence-corrected chi connectivity index (χ2v) is 11.5. The number of piperazine rings is 1. The van der Waals surface area contributed by atoms with Gasteiger partial charge in [-0.3, -0.25) is 14.6 Å². The maximum atomic E-state index is 14.9. The fourth-order valence-corrected chi connectivity index (χ4v) is 7.56. The molecule has 0 aromatic heterocycles. The molecule has 4 aliphatic heterocycles. The minimum Gasteiger partial charge on any atom is -0.504 e. The van der Waals surface area contributed by atoms with Crippen LogP contribution in [0.3, 0.4) is 0 Å². The average molecular weight is 582 g/mol. The SMILES string of the molecule is COc1c(C)cc2c(c1O)[C@H]1[C@@H]3C(=O)c4c(CC(O)O)c(C)c5c(c4[C@H](COC(C)O)N3[C@@H](C#N)C(C2)N1C)OCO5. The van der Waals surface area contributed by atoms with Gasteiger partial charge in [0.05, 0.1) is 37.9 Å². The van der Waals surface area contributed by atoms with Gasteiger partial charge < -0.3 is 39.4 Å². The fraction of sp³-hybridized carbons (Fsp3) is 0.533. The molecule has 42 heavy (non-hydrogen) atoms. The minimum atomic E-state index is -1.75. The predicted octanol–water partition coefficient (Wildman–Crippen LogP) is 1.37. The Kier molecular flexibility index (Phi) is 7.08. The monoisotopic (exact) mass is 581 g/mol. The molecule has 12 heteroatoms. The molecule has 0 radical (unpaired) electrons. The summed E-state index contributed by atoms with van der Waals surface area (Å²) in [4.78, 5) is 18.7. The topological polar surface area (TPSA) is 165 Å². The van der Waals surface area contributed by atoms with Crippen LogP contribution in [0.15, 0.2) is 6.07 Å². The first-order valence-corrected chi connectivity index (χ1v) is 13.9. The number of aryl methyl sites for hydroxylation is 1. The smallest absolute Gasteiger partial charge is 0.231 e. The zero-order chi connectivity index (χ0) is 30.2. The molecule has 2 aromatic rings. The Morgan fingerprint density at radius 1 is 1.17 bits per heavy atom. The number of benzene rings is 2. The molecule has 0 amide bonds. The van der Waals surface area contributed by atoms with Gasteiger partial charge in [-0.05, 0) is 56.5 Å². The van der Waals surface area contributed by atoms with E-state index < -0.39 is 36.7 Å². The zero-order valence-electron chi connectivity index (χ0n) is 24.1. The second-order valence-electron chi connectivity index (χ2n) is 11.5. The van der Waals surface area contributed by atoms with Gasteiger partial charge in [0.15, 0.2) is 41.4 Å². The van der Waals surface area contributed by atoms with Gasteiger partial charge in [-0.1, -0.05) is 6.07 Å². The Balaban J connectivity index is 1.66. The largest absolute Gasteiger partial charge is 0.504 e. The summed E-state index contributed by atoms with van der Waals surface area (Å²) in [5.41, 5.74) is 3.76. The lowest BCUT2D eigenvalue weighted by atomic mass is 9.70. The van der Waals surface area contributed by atoms with Crippen molar-refractivity contribution in [3.8, 4) is 29.1 Å². The summed E-state index contributed by atoms with van der Waals surface area (Å²) < 4.78 is 23.0. The van der Waals surface area contributed by atoms with E-state index in [-0.39, 0.29) is 43.0 Å². The lowest BCUT2D eigenvalue weighted by molar-refractivity contribution is -0.125. The zero-order valence-corrected chi connectivity index (χ0v) is 24.1. The van der Waals surface area contributed by atoms with Crippen LogP contribution in [-0.2, 0) is 17.6 Å². The minimum absolute atomic E-state index is 0.0543. The molecular weight excluding hydrogens is 546 g/mol. The van der Waals surface area contributed by atoms with Gasteiger partial charge >= 0.3 is 0 Å². The number of aliphatic hydroxyl groups excluding tert-OH is 2. The van der Waals surface area contributed by atoms with Gasteiger partial charge in [-0.2, -0.15) is 5.26 Å². The Morgan fingerprint density at radius 3 is 2.52 bits per heavy atom. The third-order valence-electron chi connectivity index (χ3n) is 9.21. The van der Waals surface area contributed by atoms with E-state index in [0.29, 0.717) is 45.9 Å². The molecule has 2 bridgehead atoms. The van der Waals surface area contributed by atoms with E-state index in [1.165, 1.54) is 14.0 Å². The molecule has 1 saturated heterocycles. The predicted molar refractivity (Wildman–Crippen MR) is 146 cm³/mol. The van der Waals surface area contributed by atoms with Gasteiger partial charge in [-0.25, -0.2) is 0 Å². The number of rotatable bonds is 6. The van der Waals surface area contributed by atoms with E-state index in [1.54, 1.807) is 6.92 Å². The van der Waals surface area contributed by atoms with Crippen molar-refractivity contribution in [2.75, 3.05) is 27.6 Å². The lowest BCUT2D eigenvalue weighted by Crippen LogP contribution is -2.70. The number of methoxy groups -OCH3 is 1. The first-order valence-electron chi connectivity index (χ1n) is 13.9. The van der Waals surface area contributed by atoms with E-state index in [1.807, 2.05) is 29.8 Å². The number of ether oxygens (including phenoxy) is 4. The summed E-state index contributed by atoms with van der Waals surface area (Å²) in [6.45, 7) is 4.87. The number of Topliss-reactive ketones (excluding diaryl/α,β-unsaturated/α-hetero) is 1. The average Bonchev–Trinajstić information content (AvgIpc) is 3.41. The molecule has 4 aliphatic rings. The number of phenolic OH excluding ortho intramolecular Hbond substituents is 1. The Morgan fingerprint density at radius 2 is 1.88 bits per heavy atom. The second kappa shape index (κ2) is 10.4. The van der Waals surface area contributed by atoms with Crippen molar-refractivity contribution < 1.29 is 44.2 Å². The van der Waals surface area contributed by atoms with Gasteiger partial charge in [0, 0.05) is 29.2 Å². The number of nitrogens with zero attached hydrogens (tertiary/aromatic N) is 3. The highest BCUT2D eigenvalue weighted by Crippen LogP contribution is 2.57. The summed E-state index contributed by atoms with van der Waals surface area (Å²) in [6, 6.07) is 0.867. The molecule has 12 nitrogen and oxygen atoms in total. The Bertz CT molecular complexity index is 1500. The van der Waals surface area contributed by atoms with Crippen LogP contribution in [0, 0.1) is 25.2 Å². The maximum absolute atomic E-state index is 14.9. The van der Waals surface area contributed by atoms with Crippen LogP contribution in [-0.4, -0.2) is 94.3 Å². The molecule has 4 N–H and O–H groups in total. The third kappa shape index (κ3) is 4.00. The van der Waals surface area contributed by atoms with E-state index in [9.17, 15) is 30.5 Å². The number of carbonyl (C=O) groups is 1. The number of nitriles is 1. The van der Waals surface area contributed by atoms with Crippen LogP contribution >= 0.6 is 0 Å². The number of ketones is 1. The van der Waals surface area contributed by atoms with E-state index >= 15 is 0 Å². The van der Waals surface area contributed by atoms with Crippen molar-refractivity contribution in [2.45, 2.75) is 76.4 Å². The van der Waals surface area contributed by atoms with Gasteiger partial charge in [-0.15, -0.1) is 0 Å². The first-order chi connectivity index (χ1) is 20.0. The summed E-state index contributed by atoms with van der Waals surface area (Å²) in [5.74, 6) is 0.643. The van der Waals surface area contributed by atoms with Crippen LogP contribution in [0.1, 0.15) is 62.7 Å². The molecule has 2 aromatic carbocycles. The number of likely N-dealkylation sites (N-methyl/N-ethyl adjacent to an activating group) is 1. The molecule has 6 rings (SSSR count). The number of aliphatic hydroxyl groups is 3. The number of hydrogen-bond donors (Lipinski definition) is 4. The lowest BCUT2D eigenvalue weighted by Gasteiger charge is -2.59. The van der Waals surface area contributed by atoms with E-state index in [4.69, 9.17) is 18.9 Å². The normalized spacial score (nSPS) is 26.9. The van der Waals surface area contributed by atoms with Crippen LogP contribution in [0.2, 0.25) is 0 Å². The fourth-order valence-electron chi connectivity index (χ4n) is 7.56. The number of aromatic hydroxyl groups is 1. The van der Waals surface area contributed by atoms with Gasteiger partial charge in [0.1, 0.15) is 6.04 Å². The molecule has 2 unspecified atom stereocenters. The third-order valence-corrected chi connectivity index (χ3v) is 9.21. The van der Waals surface area contributed by atoms with Crippen molar-refractivity contribution in [2.24, 2.45) is 0 Å². The number of phenols is 1. The Labute approximate surface area is 243 Å². The van der Waals surface area contributed by atoms with Crippen LogP contribution < -0.4 is 14.2 Å². The highest BCUT2D eigenvalue weighted by atomic mass is 16.7. The molecular formula is C30H35N3O9. The molecule has 4 heterocycles. The summed E-state index contributed by atoms with van der Waals surface area (Å²) in [7, 11) is 3.32. The van der Waals surface area contributed by atoms with Crippen molar-refractivity contribution in [3.05, 3.63) is 45.0 Å². The highest BCUT2D eigenvalue weighted by molar-refractivity contribution is 6.06. The highest BCUT2D eigenvalue weighted by Gasteiger charge is 2.59. The van der Waals surface area contributed by atoms with Crippen molar-refractivity contribution >= 4 is 5.78 Å². The standard InChI is InChI=1S/C30H35N3O9/c1-12-6-15-7-17-18(9-31)33-19(10-40-14(3)34)23-22(16(8-20(35)36)13(2)29-30(23)42-11-41-29)26(37)25(33)24(32(17)4)21(15)27(38)28(12)39-5/h6,14,17-20,24-25,34-36,38H,7-8,10-11H2,1-5H3/t14?,17?,18-,19-,24-,25+/m0/s1. The molecule has 1 fully saturated rings. The van der Waals surface area contributed by atoms with E-state index in [2.05, 4.69) is 6.07 Å². The molecule has 6 atom stereocenters. The van der Waals surface area contributed by atoms with Crippen molar-refractivity contribution in [1.82, 2.24) is 9.80 Å². The maximum Gasteiger partial charge on any atom is 0.231 e. The molecule has 0 aliphatic carbocycles. The summed E-state index contributed by atoms with van der Waals surface area (Å²) >= 11 is 0. The van der Waals surface area contributed by atoms with Crippen LogP contribution in [0.5, 0.6) is 23.0 Å². The molecule has 0 saturated carbocycles. The van der Waals surface area contributed by atoms with Gasteiger partial charge in [0.2, 0.25) is 6.79 Å². The van der Waals surface area contributed by atoms with Crippen molar-refractivity contribution in [3.63, 3.8) is 0 Å². The van der Waals surface area contributed by atoms with E-state index in [0.717, 1.165) is 11.1 Å². The number of hydrogen-bond acceptors (Lipinski definition) is 12.